The van der Waals surface area contributed by atoms with Crippen LogP contribution in [0.25, 0.3) is 0 Å². The molecule has 45 heavy (non-hydrogen) atoms. The van der Waals surface area contributed by atoms with Crippen LogP contribution in [0.1, 0.15) is 59.1 Å². The van der Waals surface area contributed by atoms with Crippen LogP contribution in [0.15, 0.2) is 47.6 Å². The van der Waals surface area contributed by atoms with Gasteiger partial charge in [0, 0.05) is 0 Å². The number of rotatable bonds is 12. The van der Waals surface area contributed by atoms with Gasteiger partial charge in [-0.05, 0) is 0 Å². The van der Waals surface area contributed by atoms with E-state index in [9.17, 15) is 24.9 Å². The topological polar surface area (TPSA) is 212 Å². The zero-order valence-electron chi connectivity index (χ0n) is 26.0. The van der Waals surface area contributed by atoms with Crippen molar-refractivity contribution < 1.29 is 42.8 Å². The van der Waals surface area contributed by atoms with Crippen LogP contribution in [-0.4, -0.2) is 69.5 Å². The molecule has 6 atom stereocenters. The van der Waals surface area contributed by atoms with E-state index in [1.807, 2.05) is 0 Å². The van der Waals surface area contributed by atoms with Gasteiger partial charge in [0.1, 0.15) is 0 Å². The number of hydrogen-bond donors (Lipinski definition) is 5. The molecule has 2 aliphatic rings. The third kappa shape index (κ3) is 6.97. The number of nitrogens with two attached hydrogens (primary N) is 1. The van der Waals surface area contributed by atoms with Crippen LogP contribution in [0.3, 0.4) is 0 Å². The molecule has 6 N–H and O–H groups in total. The molecule has 2 aliphatic heterocycles. The van der Waals surface area contributed by atoms with Gasteiger partial charge in [-0.25, -0.2) is 0 Å². The molecular weight excluding hydrogens is 607 g/mol. The average molecular weight is 649 g/mol. The van der Waals surface area contributed by atoms with Crippen molar-refractivity contribution in [2.75, 3.05) is 6.61 Å². The molecule has 0 saturated carbocycles. The van der Waals surface area contributed by atoms with Gasteiger partial charge >= 0.3 is 262 Å². The van der Waals surface area contributed by atoms with Gasteiger partial charge in [0.15, 0.2) is 0 Å². The molecule has 0 radical (unpaired) electrons. The van der Waals surface area contributed by atoms with E-state index in [1.54, 1.807) is 64.1 Å². The number of hydrogen-bond acceptors (Lipinski definition) is 14. The van der Waals surface area contributed by atoms with Crippen molar-refractivity contribution in [1.29, 1.82) is 5.26 Å². The molecule has 0 aliphatic carbocycles. The number of nitrogens with one attached hydrogen (secondary N) is 2. The summed E-state index contributed by atoms with van der Waals surface area (Å²) >= 11 is 0. The monoisotopic (exact) mass is 648 g/mol. The Kier molecular flexibility index (Phi) is 10.2. The van der Waals surface area contributed by atoms with Crippen molar-refractivity contribution in [3.63, 3.8) is 0 Å². The number of nitrogens with zero attached hydrogens (tertiary/aromatic N) is 3. The number of esters is 2. The van der Waals surface area contributed by atoms with E-state index in [-0.39, 0.29) is 11.4 Å². The Labute approximate surface area is 261 Å². The van der Waals surface area contributed by atoms with E-state index < -0.39 is 74.3 Å². The summed E-state index contributed by atoms with van der Waals surface area (Å²) in [6, 6.07) is 12.5. The molecule has 1 unspecified atom stereocenters. The molecule has 15 nitrogen and oxygen atoms in total. The maximum atomic E-state index is 12.8. The summed E-state index contributed by atoms with van der Waals surface area (Å²) in [7, 11) is -4.52. The summed E-state index contributed by atoms with van der Waals surface area (Å²) in [5.74, 6) is -1.67. The van der Waals surface area contributed by atoms with Gasteiger partial charge < -0.3 is 0 Å². The van der Waals surface area contributed by atoms with E-state index in [2.05, 4.69) is 21.6 Å². The molecule has 2 aromatic rings. The van der Waals surface area contributed by atoms with Gasteiger partial charge in [-0.3, -0.25) is 0 Å². The number of ether oxygens (including phenoxy) is 3. The normalized spacial score (nSPS) is 26.9. The fourth-order valence-electron chi connectivity index (χ4n) is 5.00. The minimum atomic E-state index is -4.52. The molecule has 4 rings (SSSR count). The second-order valence-electron chi connectivity index (χ2n) is 11.6. The third-order valence-electron chi connectivity index (χ3n) is 7.34. The summed E-state index contributed by atoms with van der Waals surface area (Å²) in [5.41, 5.74) is 2.44. The summed E-state index contributed by atoms with van der Waals surface area (Å²) in [5, 5.41) is 32.4. The van der Waals surface area contributed by atoms with Gasteiger partial charge in [0.05, 0.1) is 0 Å². The first-order chi connectivity index (χ1) is 21.1. The number of aromatic nitrogens is 1. The van der Waals surface area contributed by atoms with Crippen molar-refractivity contribution in [1.82, 2.24) is 15.1 Å². The maximum absolute atomic E-state index is 12.8. The van der Waals surface area contributed by atoms with Gasteiger partial charge in [0.2, 0.25) is 0 Å². The Morgan fingerprint density at radius 2 is 1.89 bits per heavy atom. The molecule has 1 aromatic carbocycles. The van der Waals surface area contributed by atoms with Crippen molar-refractivity contribution >= 4 is 26.4 Å². The van der Waals surface area contributed by atoms with E-state index in [0.717, 1.165) is 0 Å². The first-order valence-electron chi connectivity index (χ1n) is 14.5. The molecule has 246 valence electrons. The van der Waals surface area contributed by atoms with Gasteiger partial charge in [-0.1, -0.05) is 0 Å². The Morgan fingerprint density at radius 1 is 1.20 bits per heavy atom. The number of carbonyl (C=O) groups is 2. The van der Waals surface area contributed by atoms with Crippen LogP contribution in [0.5, 0.6) is 5.75 Å². The van der Waals surface area contributed by atoms with Crippen LogP contribution in [0.4, 0.5) is 0 Å². The quantitative estimate of drug-likeness (QED) is 0.164. The van der Waals surface area contributed by atoms with Crippen molar-refractivity contribution in [2.24, 2.45) is 16.8 Å². The number of aliphatic hydroxyl groups is 1. The molecule has 16 heteroatoms. The average Bonchev–Trinajstić information content (AvgIpc) is 3.50. The van der Waals surface area contributed by atoms with Crippen molar-refractivity contribution in [2.45, 2.75) is 83.3 Å². The number of nitriles is 1. The number of fused-ring (bicyclic) bond motifs is 1. The fraction of sp³-hybridized carbons (Fsp3) is 0.517. The zero-order chi connectivity index (χ0) is 33.2. The molecular formula is C29H41N6O9P. The summed E-state index contributed by atoms with van der Waals surface area (Å²) < 4.78 is 30.4. The first kappa shape index (κ1) is 34.3. The van der Waals surface area contributed by atoms with Gasteiger partial charge in [-0.2, -0.15) is 0 Å². The molecule has 1 saturated heterocycles. The van der Waals surface area contributed by atoms with Crippen LogP contribution in [-0.2, 0) is 33.9 Å². The molecule has 1 aromatic heterocycles. The number of para-hydroxylation sites is 1. The second-order valence-corrected chi connectivity index (χ2v) is 13.6. The Bertz CT molecular complexity index is 1450. The van der Waals surface area contributed by atoms with Gasteiger partial charge in [0.25, 0.3) is 0 Å². The number of benzene rings is 1. The Morgan fingerprint density at radius 3 is 2.51 bits per heavy atom. The first-order valence-corrected chi connectivity index (χ1v) is 16.3. The second kappa shape index (κ2) is 13.4. The summed E-state index contributed by atoms with van der Waals surface area (Å²) in [6.07, 6.45) is -2.50. The van der Waals surface area contributed by atoms with Crippen molar-refractivity contribution in [3.8, 4) is 11.8 Å². The summed E-state index contributed by atoms with van der Waals surface area (Å²) in [4.78, 5) is 37.1. The zero-order valence-corrected chi connectivity index (χ0v) is 27.0. The van der Waals surface area contributed by atoms with Crippen LogP contribution >= 0.6 is 8.09 Å². The van der Waals surface area contributed by atoms with Crippen LogP contribution < -0.4 is 20.7 Å². The van der Waals surface area contributed by atoms with E-state index in [1.165, 1.54) is 30.9 Å². The molecule has 1 fully saturated rings. The predicted molar refractivity (Wildman–Crippen MR) is 163 cm³/mol. The SMILES string of the molecule is CC(C)OC(=O)[C@@H](C)N[PH](O)(OC[C@H]1O[C@@](C#N)(c2ccc3n2N=CNC3N)[C@](C)(O)[C@@H]1OC(=O)C(C)C)Oc1ccccc1. The van der Waals surface area contributed by atoms with E-state index >= 15 is 0 Å². The van der Waals surface area contributed by atoms with Crippen LogP contribution in [0.2, 0.25) is 0 Å². The molecule has 3 heterocycles. The minimum absolute atomic E-state index is 0.127. The standard InChI is InChI=1S/C29H41N6O9P/c1-17(2)26(36)42-24-22(43-29(15-30,28(24,6)38)23-13-12-21-25(31)32-16-33-35(21)23)14-40-45(39,44-20-10-8-7-9-11-20)34-19(5)27(37)41-18(3)4/h7-13,16-19,22,24-25,34,38-39,45H,14,31H2,1-6H3,(H,32,33)/t19-,22-,24-,25?,28-,29+/m1/s1. The van der Waals surface area contributed by atoms with E-state index in [4.69, 9.17) is 29.0 Å². The fourth-order valence-corrected chi connectivity index (χ4v) is 6.72. The Hall–Kier alpha value is -3.61. The third-order valence-corrected chi connectivity index (χ3v) is 9.21. The molecule has 0 spiro atoms. The number of carbonyl (C=O) groups excluding carboxylic acids is 2. The van der Waals surface area contributed by atoms with Crippen molar-refractivity contribution in [3.05, 3.63) is 53.9 Å². The van der Waals surface area contributed by atoms with E-state index in [0.29, 0.717) is 5.69 Å². The Balaban J connectivity index is 1.70. The van der Waals surface area contributed by atoms with Gasteiger partial charge in [-0.15, -0.1) is 0 Å². The predicted octanol–water partition coefficient (Wildman–Crippen LogP) is 1.70. The molecule has 0 amide bonds. The van der Waals surface area contributed by atoms with Crippen LogP contribution in [0, 0.1) is 17.2 Å². The summed E-state index contributed by atoms with van der Waals surface area (Å²) in [6.45, 7) is 8.85. The molecule has 0 bridgehead atoms.